The highest BCUT2D eigenvalue weighted by Crippen LogP contribution is 2.42. The standard InChI is InChI=1S/C34H59BrN2/c1-4-7-10-13-16-19-22-29-30-25-36(23-20-17-14-11-8-5-2)27-32(30)34(35)33-28-37(26-31(29)33)24-21-18-15-12-9-6-3/h4-28H2,1-3H3. The van der Waals surface area contributed by atoms with Crippen molar-refractivity contribution < 1.29 is 0 Å². The van der Waals surface area contributed by atoms with Gasteiger partial charge < -0.3 is 0 Å². The summed E-state index contributed by atoms with van der Waals surface area (Å²) in [7, 11) is 0. The van der Waals surface area contributed by atoms with E-state index >= 15 is 0 Å². The summed E-state index contributed by atoms with van der Waals surface area (Å²) < 4.78 is 1.47. The predicted molar refractivity (Wildman–Crippen MR) is 166 cm³/mol. The molecule has 0 spiro atoms. The zero-order valence-electron chi connectivity index (χ0n) is 25.0. The van der Waals surface area contributed by atoms with Crippen LogP contribution in [0.3, 0.4) is 0 Å². The zero-order valence-corrected chi connectivity index (χ0v) is 26.5. The molecule has 1 aromatic rings. The number of hydrogen-bond acceptors (Lipinski definition) is 2. The first-order chi connectivity index (χ1) is 18.2. The Kier molecular flexibility index (Phi) is 15.2. The number of unbranched alkanes of at least 4 members (excludes halogenated alkanes) is 15. The van der Waals surface area contributed by atoms with Crippen molar-refractivity contribution in [3.63, 3.8) is 0 Å². The van der Waals surface area contributed by atoms with E-state index in [0.29, 0.717) is 0 Å². The summed E-state index contributed by atoms with van der Waals surface area (Å²) in [6.07, 6.45) is 26.4. The van der Waals surface area contributed by atoms with E-state index in [1.807, 2.05) is 0 Å². The van der Waals surface area contributed by atoms with Crippen LogP contribution < -0.4 is 0 Å². The topological polar surface area (TPSA) is 6.48 Å². The van der Waals surface area contributed by atoms with Crippen LogP contribution in [0.2, 0.25) is 0 Å². The van der Waals surface area contributed by atoms with Crippen molar-refractivity contribution in [3.8, 4) is 0 Å². The van der Waals surface area contributed by atoms with Gasteiger partial charge in [-0.1, -0.05) is 133 Å². The summed E-state index contributed by atoms with van der Waals surface area (Å²) in [5, 5.41) is 0. The first kappa shape index (κ1) is 31.2. The van der Waals surface area contributed by atoms with Crippen molar-refractivity contribution in [1.82, 2.24) is 9.80 Å². The smallest absolute Gasteiger partial charge is 0.0272 e. The monoisotopic (exact) mass is 574 g/mol. The molecular weight excluding hydrogens is 516 g/mol. The molecular formula is C34H59BrN2. The fourth-order valence-corrected chi connectivity index (χ4v) is 7.37. The van der Waals surface area contributed by atoms with Crippen LogP contribution in [0.25, 0.3) is 0 Å². The molecule has 0 saturated carbocycles. The zero-order chi connectivity index (χ0) is 26.3. The number of fused-ring (bicyclic) bond motifs is 2. The van der Waals surface area contributed by atoms with Crippen LogP contribution in [-0.4, -0.2) is 22.9 Å². The minimum atomic E-state index is 1.17. The first-order valence-electron chi connectivity index (χ1n) is 16.5. The van der Waals surface area contributed by atoms with E-state index in [4.69, 9.17) is 0 Å². The van der Waals surface area contributed by atoms with E-state index in [2.05, 4.69) is 46.5 Å². The molecule has 3 heteroatoms. The maximum Gasteiger partial charge on any atom is 0.0272 e. The molecule has 0 atom stereocenters. The van der Waals surface area contributed by atoms with Gasteiger partial charge in [0.25, 0.3) is 0 Å². The average molecular weight is 576 g/mol. The van der Waals surface area contributed by atoms with Gasteiger partial charge in [-0.3, -0.25) is 9.80 Å². The van der Waals surface area contributed by atoms with Crippen LogP contribution in [0.5, 0.6) is 0 Å². The Morgan fingerprint density at radius 3 is 1.24 bits per heavy atom. The highest BCUT2D eigenvalue weighted by Gasteiger charge is 2.32. The summed E-state index contributed by atoms with van der Waals surface area (Å²) in [6, 6.07) is 0. The van der Waals surface area contributed by atoms with Gasteiger partial charge in [-0.05, 0) is 66.6 Å². The summed E-state index contributed by atoms with van der Waals surface area (Å²) in [6.45, 7) is 14.2. The number of nitrogens with zero attached hydrogens (tertiary/aromatic N) is 2. The van der Waals surface area contributed by atoms with E-state index in [1.54, 1.807) is 27.8 Å². The van der Waals surface area contributed by atoms with Crippen LogP contribution in [0.4, 0.5) is 0 Å². The van der Waals surface area contributed by atoms with Crippen LogP contribution in [0, 0.1) is 0 Å². The van der Waals surface area contributed by atoms with Gasteiger partial charge in [0.2, 0.25) is 0 Å². The highest BCUT2D eigenvalue weighted by molar-refractivity contribution is 9.10. The first-order valence-corrected chi connectivity index (χ1v) is 17.3. The molecule has 2 aliphatic heterocycles. The van der Waals surface area contributed by atoms with Gasteiger partial charge in [0.05, 0.1) is 0 Å². The predicted octanol–water partition coefficient (Wildman–Crippen LogP) is 10.7. The lowest BCUT2D eigenvalue weighted by molar-refractivity contribution is 0.271. The molecule has 0 aromatic heterocycles. The van der Waals surface area contributed by atoms with Crippen molar-refractivity contribution in [3.05, 3.63) is 32.3 Å². The number of hydrogen-bond donors (Lipinski definition) is 0. The largest absolute Gasteiger partial charge is 0.295 e. The summed E-state index contributed by atoms with van der Waals surface area (Å²) in [4.78, 5) is 5.51. The van der Waals surface area contributed by atoms with Crippen molar-refractivity contribution in [2.75, 3.05) is 13.1 Å². The lowest BCUT2D eigenvalue weighted by Gasteiger charge is -2.17. The number of halogens is 1. The van der Waals surface area contributed by atoms with Crippen LogP contribution >= 0.6 is 15.9 Å². The third kappa shape index (κ3) is 9.95. The quantitative estimate of drug-likeness (QED) is 0.135. The van der Waals surface area contributed by atoms with Crippen LogP contribution in [0.15, 0.2) is 4.47 Å². The molecule has 3 rings (SSSR count). The van der Waals surface area contributed by atoms with Crippen molar-refractivity contribution in [2.24, 2.45) is 0 Å². The van der Waals surface area contributed by atoms with E-state index in [-0.39, 0.29) is 0 Å². The van der Waals surface area contributed by atoms with E-state index < -0.39 is 0 Å². The molecule has 0 radical (unpaired) electrons. The number of rotatable bonds is 21. The molecule has 2 nitrogen and oxygen atoms in total. The van der Waals surface area contributed by atoms with Crippen LogP contribution in [0.1, 0.15) is 164 Å². The minimum Gasteiger partial charge on any atom is -0.295 e. The Balaban J connectivity index is 1.60. The lowest BCUT2D eigenvalue weighted by atomic mass is 9.90. The molecule has 0 fully saturated rings. The molecule has 37 heavy (non-hydrogen) atoms. The number of benzene rings is 1. The molecule has 1 aromatic carbocycles. The summed E-state index contributed by atoms with van der Waals surface area (Å²) in [5.74, 6) is 0. The van der Waals surface area contributed by atoms with Gasteiger partial charge in [-0.25, -0.2) is 0 Å². The van der Waals surface area contributed by atoms with Gasteiger partial charge in [-0.2, -0.15) is 0 Å². The molecule has 2 aliphatic rings. The normalized spacial score (nSPS) is 15.6. The molecule has 212 valence electrons. The van der Waals surface area contributed by atoms with E-state index in [9.17, 15) is 0 Å². The maximum atomic E-state index is 4.15. The fourth-order valence-electron chi connectivity index (χ4n) is 6.64. The molecule has 0 aliphatic carbocycles. The van der Waals surface area contributed by atoms with Crippen LogP contribution in [-0.2, 0) is 32.6 Å². The average Bonchev–Trinajstić information content (AvgIpc) is 3.52. The van der Waals surface area contributed by atoms with E-state index in [0.717, 1.165) is 0 Å². The van der Waals surface area contributed by atoms with Crippen molar-refractivity contribution in [1.29, 1.82) is 0 Å². The van der Waals surface area contributed by atoms with Gasteiger partial charge in [0.15, 0.2) is 0 Å². The molecule has 0 amide bonds. The SMILES string of the molecule is CCCCCCCCc1c2c(c(Br)c3c1CN(CCCCCCCC)C3)CN(CCCCCCCC)C2. The van der Waals surface area contributed by atoms with Crippen molar-refractivity contribution in [2.45, 2.75) is 169 Å². The van der Waals surface area contributed by atoms with Crippen molar-refractivity contribution >= 4 is 15.9 Å². The summed E-state index contributed by atoms with van der Waals surface area (Å²) in [5.41, 5.74) is 8.48. The lowest BCUT2D eigenvalue weighted by Crippen LogP contribution is -2.19. The second-order valence-electron chi connectivity index (χ2n) is 12.2. The van der Waals surface area contributed by atoms with Gasteiger partial charge in [0.1, 0.15) is 0 Å². The Morgan fingerprint density at radius 2 is 0.811 bits per heavy atom. The molecule has 0 bridgehead atoms. The highest BCUT2D eigenvalue weighted by atomic mass is 79.9. The third-order valence-corrected chi connectivity index (χ3v) is 9.91. The minimum absolute atomic E-state index is 1.17. The Morgan fingerprint density at radius 1 is 0.459 bits per heavy atom. The maximum absolute atomic E-state index is 4.15. The second-order valence-corrected chi connectivity index (χ2v) is 13.0. The molecule has 0 saturated heterocycles. The van der Waals surface area contributed by atoms with Gasteiger partial charge >= 0.3 is 0 Å². The summed E-state index contributed by atoms with van der Waals surface area (Å²) >= 11 is 4.15. The third-order valence-electron chi connectivity index (χ3n) is 8.95. The second kappa shape index (κ2) is 18.1. The van der Waals surface area contributed by atoms with Gasteiger partial charge in [-0.15, -0.1) is 0 Å². The molecule has 0 unspecified atom stereocenters. The Bertz CT molecular complexity index is 721. The van der Waals surface area contributed by atoms with Gasteiger partial charge in [0, 0.05) is 30.7 Å². The fraction of sp³-hybridized carbons (Fsp3) is 0.824. The Hall–Kier alpha value is -0.380. The van der Waals surface area contributed by atoms with E-state index in [1.165, 1.54) is 166 Å². The molecule has 0 N–H and O–H groups in total. The Labute approximate surface area is 239 Å². The molecule has 2 heterocycles.